The van der Waals surface area contributed by atoms with Crippen LogP contribution in [-0.2, 0) is 4.74 Å². The summed E-state index contributed by atoms with van der Waals surface area (Å²) in [6.07, 6.45) is 3.22. The van der Waals surface area contributed by atoms with Gasteiger partial charge in [0.25, 0.3) is 0 Å². The molecule has 0 bridgehead atoms. The SMILES string of the molecule is N#CC1(OC(=O)c2ccccc2)CCCC1. The zero-order chi connectivity index (χ0) is 11.4. The summed E-state index contributed by atoms with van der Waals surface area (Å²) in [6.45, 7) is 0. The van der Waals surface area contributed by atoms with Gasteiger partial charge in [-0.2, -0.15) is 5.26 Å². The first-order valence-corrected chi connectivity index (χ1v) is 5.45. The fourth-order valence-electron chi connectivity index (χ4n) is 1.99. The predicted octanol–water partition coefficient (Wildman–Crippen LogP) is 2.68. The number of nitriles is 1. The van der Waals surface area contributed by atoms with Crippen molar-refractivity contribution in [1.29, 1.82) is 5.26 Å². The van der Waals surface area contributed by atoms with Crippen molar-refractivity contribution in [3.8, 4) is 6.07 Å². The summed E-state index contributed by atoms with van der Waals surface area (Å²) in [6, 6.07) is 10.9. The van der Waals surface area contributed by atoms with Crippen LogP contribution in [0.25, 0.3) is 0 Å². The van der Waals surface area contributed by atoms with Crippen molar-refractivity contribution in [3.63, 3.8) is 0 Å². The standard InChI is InChI=1S/C13H13NO2/c14-10-13(8-4-5-9-13)16-12(15)11-6-2-1-3-7-11/h1-3,6-7H,4-5,8-9H2. The molecule has 0 saturated heterocycles. The van der Waals surface area contributed by atoms with Gasteiger partial charge in [-0.1, -0.05) is 18.2 Å². The van der Waals surface area contributed by atoms with Crippen molar-refractivity contribution >= 4 is 5.97 Å². The van der Waals surface area contributed by atoms with Gasteiger partial charge in [0, 0.05) is 12.8 Å². The van der Waals surface area contributed by atoms with Crippen molar-refractivity contribution in [2.45, 2.75) is 31.3 Å². The van der Waals surface area contributed by atoms with Gasteiger partial charge in [0.2, 0.25) is 0 Å². The maximum absolute atomic E-state index is 11.8. The Balaban J connectivity index is 2.11. The monoisotopic (exact) mass is 215 g/mol. The van der Waals surface area contributed by atoms with Gasteiger partial charge in [-0.3, -0.25) is 0 Å². The Morgan fingerprint density at radius 3 is 2.44 bits per heavy atom. The van der Waals surface area contributed by atoms with Crippen molar-refractivity contribution in [1.82, 2.24) is 0 Å². The van der Waals surface area contributed by atoms with Crippen LogP contribution in [0.5, 0.6) is 0 Å². The second-order valence-corrected chi connectivity index (χ2v) is 4.07. The Labute approximate surface area is 94.6 Å². The van der Waals surface area contributed by atoms with Gasteiger partial charge in [-0.05, 0) is 25.0 Å². The minimum Gasteiger partial charge on any atom is -0.440 e. The normalized spacial score (nSPS) is 17.7. The summed E-state index contributed by atoms with van der Waals surface area (Å²) < 4.78 is 5.33. The van der Waals surface area contributed by atoms with Crippen molar-refractivity contribution in [3.05, 3.63) is 35.9 Å². The lowest BCUT2D eigenvalue weighted by atomic mass is 10.0. The minimum absolute atomic E-state index is 0.399. The van der Waals surface area contributed by atoms with E-state index in [2.05, 4.69) is 6.07 Å². The number of carbonyl (C=O) groups excluding carboxylic acids is 1. The van der Waals surface area contributed by atoms with Crippen molar-refractivity contribution in [2.24, 2.45) is 0 Å². The number of hydrogen-bond acceptors (Lipinski definition) is 3. The molecule has 0 aromatic heterocycles. The van der Waals surface area contributed by atoms with Gasteiger partial charge in [-0.15, -0.1) is 0 Å². The molecule has 0 atom stereocenters. The van der Waals surface area contributed by atoms with E-state index in [0.717, 1.165) is 12.8 Å². The molecule has 0 spiro atoms. The molecular formula is C13H13NO2. The van der Waals surface area contributed by atoms with Crippen LogP contribution < -0.4 is 0 Å². The molecule has 0 aliphatic heterocycles. The van der Waals surface area contributed by atoms with Crippen LogP contribution in [0.2, 0.25) is 0 Å². The Kier molecular flexibility index (Phi) is 2.91. The summed E-state index contributed by atoms with van der Waals surface area (Å²) in [5.74, 6) is -0.399. The van der Waals surface area contributed by atoms with Crippen LogP contribution in [0, 0.1) is 11.3 Å². The van der Waals surface area contributed by atoms with E-state index < -0.39 is 11.6 Å². The molecule has 3 heteroatoms. The number of benzene rings is 1. The molecule has 16 heavy (non-hydrogen) atoms. The predicted molar refractivity (Wildman–Crippen MR) is 58.7 cm³/mol. The lowest BCUT2D eigenvalue weighted by molar-refractivity contribution is 0.00954. The summed E-state index contributed by atoms with van der Waals surface area (Å²) in [7, 11) is 0. The second kappa shape index (κ2) is 4.36. The van der Waals surface area contributed by atoms with E-state index in [1.807, 2.05) is 6.07 Å². The summed E-state index contributed by atoms with van der Waals surface area (Å²) in [5.41, 5.74) is -0.378. The maximum atomic E-state index is 11.8. The fraction of sp³-hybridized carbons (Fsp3) is 0.385. The third-order valence-corrected chi connectivity index (χ3v) is 2.91. The van der Waals surface area contributed by atoms with E-state index in [1.165, 1.54) is 0 Å². The quantitative estimate of drug-likeness (QED) is 0.712. The smallest absolute Gasteiger partial charge is 0.339 e. The number of ether oxygens (including phenoxy) is 1. The van der Waals surface area contributed by atoms with Crippen LogP contribution >= 0.6 is 0 Å². The first-order chi connectivity index (χ1) is 7.76. The lowest BCUT2D eigenvalue weighted by Crippen LogP contribution is -2.30. The highest BCUT2D eigenvalue weighted by molar-refractivity contribution is 5.89. The molecule has 1 aromatic rings. The molecule has 1 aliphatic rings. The highest BCUT2D eigenvalue weighted by Crippen LogP contribution is 2.33. The molecular weight excluding hydrogens is 202 g/mol. The van der Waals surface area contributed by atoms with E-state index in [9.17, 15) is 4.79 Å². The van der Waals surface area contributed by atoms with Crippen LogP contribution in [0.1, 0.15) is 36.0 Å². The minimum atomic E-state index is -0.882. The Hall–Kier alpha value is -1.82. The van der Waals surface area contributed by atoms with Crippen molar-refractivity contribution in [2.75, 3.05) is 0 Å². The molecule has 2 rings (SSSR count). The highest BCUT2D eigenvalue weighted by atomic mass is 16.6. The topological polar surface area (TPSA) is 50.1 Å². The third kappa shape index (κ3) is 2.06. The molecule has 1 fully saturated rings. The average molecular weight is 215 g/mol. The molecule has 1 saturated carbocycles. The summed E-state index contributed by atoms with van der Waals surface area (Å²) >= 11 is 0. The van der Waals surface area contributed by atoms with Gasteiger partial charge >= 0.3 is 5.97 Å². The molecule has 0 N–H and O–H groups in total. The van der Waals surface area contributed by atoms with E-state index in [0.29, 0.717) is 18.4 Å². The lowest BCUT2D eigenvalue weighted by Gasteiger charge is -2.20. The number of nitrogens with zero attached hydrogens (tertiary/aromatic N) is 1. The molecule has 0 radical (unpaired) electrons. The van der Waals surface area contributed by atoms with E-state index >= 15 is 0 Å². The fourth-order valence-corrected chi connectivity index (χ4v) is 1.99. The second-order valence-electron chi connectivity index (χ2n) is 4.07. The molecule has 3 nitrogen and oxygen atoms in total. The van der Waals surface area contributed by atoms with Crippen molar-refractivity contribution < 1.29 is 9.53 Å². The van der Waals surface area contributed by atoms with Crippen LogP contribution in [0.15, 0.2) is 30.3 Å². The molecule has 82 valence electrons. The summed E-state index contributed by atoms with van der Waals surface area (Å²) in [5, 5.41) is 9.09. The molecule has 1 aromatic carbocycles. The van der Waals surface area contributed by atoms with Gasteiger partial charge in [0.1, 0.15) is 6.07 Å². The number of rotatable bonds is 2. The van der Waals surface area contributed by atoms with E-state index in [4.69, 9.17) is 10.00 Å². The molecule has 0 heterocycles. The largest absolute Gasteiger partial charge is 0.440 e. The van der Waals surface area contributed by atoms with E-state index in [-0.39, 0.29) is 0 Å². The first-order valence-electron chi connectivity index (χ1n) is 5.45. The molecule has 1 aliphatic carbocycles. The third-order valence-electron chi connectivity index (χ3n) is 2.91. The van der Waals surface area contributed by atoms with Gasteiger partial charge < -0.3 is 4.74 Å². The number of carbonyl (C=O) groups is 1. The van der Waals surface area contributed by atoms with Crippen LogP contribution in [-0.4, -0.2) is 11.6 Å². The average Bonchev–Trinajstić information content (AvgIpc) is 2.79. The van der Waals surface area contributed by atoms with Crippen LogP contribution in [0.4, 0.5) is 0 Å². The maximum Gasteiger partial charge on any atom is 0.339 e. The molecule has 0 unspecified atom stereocenters. The highest BCUT2D eigenvalue weighted by Gasteiger charge is 2.38. The zero-order valence-electron chi connectivity index (χ0n) is 8.98. The van der Waals surface area contributed by atoms with Crippen LogP contribution in [0.3, 0.4) is 0 Å². The molecule has 0 amide bonds. The van der Waals surface area contributed by atoms with Gasteiger partial charge in [0.05, 0.1) is 5.56 Å². The Morgan fingerprint density at radius 1 is 1.25 bits per heavy atom. The number of hydrogen-bond donors (Lipinski definition) is 0. The summed E-state index contributed by atoms with van der Waals surface area (Å²) in [4.78, 5) is 11.8. The van der Waals surface area contributed by atoms with Gasteiger partial charge in [0.15, 0.2) is 5.60 Å². The first kappa shape index (κ1) is 10.7. The Bertz CT molecular complexity index is 413. The van der Waals surface area contributed by atoms with Gasteiger partial charge in [-0.25, -0.2) is 4.79 Å². The Morgan fingerprint density at radius 2 is 1.88 bits per heavy atom. The van der Waals surface area contributed by atoms with E-state index in [1.54, 1.807) is 24.3 Å². The number of esters is 1. The zero-order valence-corrected chi connectivity index (χ0v) is 8.98.